The number of piperazine rings is 1. The van der Waals surface area contributed by atoms with Gasteiger partial charge in [-0.05, 0) is 46.9 Å². The second-order valence-corrected chi connectivity index (χ2v) is 14.4. The zero-order valence-electron chi connectivity index (χ0n) is 27.1. The van der Waals surface area contributed by atoms with Gasteiger partial charge in [0, 0.05) is 58.2 Å². The maximum absolute atomic E-state index is 14.0. The maximum Gasteiger partial charge on any atom is 0.245 e. The van der Waals surface area contributed by atoms with Crippen molar-refractivity contribution in [1.29, 1.82) is 0 Å². The molecule has 2 aliphatic rings. The summed E-state index contributed by atoms with van der Waals surface area (Å²) in [5.41, 5.74) is 4.70. The highest BCUT2D eigenvalue weighted by Crippen LogP contribution is 2.32. The summed E-state index contributed by atoms with van der Waals surface area (Å²) in [4.78, 5) is 31.4. The van der Waals surface area contributed by atoms with Crippen molar-refractivity contribution in [2.24, 2.45) is 5.92 Å². The fourth-order valence-corrected chi connectivity index (χ4v) is 7.35. The number of methoxy groups -OCH3 is 1. The van der Waals surface area contributed by atoms with Crippen molar-refractivity contribution in [3.8, 4) is 5.75 Å². The van der Waals surface area contributed by atoms with Crippen LogP contribution in [0.15, 0.2) is 72.8 Å². The average molecular weight is 648 g/mol. The first-order chi connectivity index (χ1) is 22.0. The number of hydrogen-bond donors (Lipinski definition) is 2. The molecule has 1 fully saturated rings. The summed E-state index contributed by atoms with van der Waals surface area (Å²) in [5.74, 6) is 0.560. The van der Waals surface area contributed by atoms with Crippen LogP contribution in [0, 0.1) is 5.92 Å². The SMILES string of the molecule is COc1ccc(C[C@@H](NC(=O)CC2NCc3ccccc32)C(=O)N2CCN(c3ccccc3N(CC(C)C)S(C)(=O)=O)CC2)cc1. The van der Waals surface area contributed by atoms with E-state index >= 15 is 0 Å². The van der Waals surface area contributed by atoms with Gasteiger partial charge < -0.3 is 25.2 Å². The van der Waals surface area contributed by atoms with Crippen LogP contribution in [0.1, 0.15) is 43.0 Å². The van der Waals surface area contributed by atoms with Crippen LogP contribution < -0.4 is 24.6 Å². The second-order valence-electron chi connectivity index (χ2n) is 12.5. The van der Waals surface area contributed by atoms with E-state index in [1.807, 2.05) is 80.6 Å². The molecule has 10 nitrogen and oxygen atoms in total. The van der Waals surface area contributed by atoms with Gasteiger partial charge in [0.05, 0.1) is 24.7 Å². The lowest BCUT2D eigenvalue weighted by molar-refractivity contribution is -0.136. The molecule has 0 aliphatic carbocycles. The molecule has 1 unspecified atom stereocenters. The van der Waals surface area contributed by atoms with Crippen LogP contribution in [0.4, 0.5) is 11.4 Å². The van der Waals surface area contributed by atoms with E-state index in [1.54, 1.807) is 12.0 Å². The van der Waals surface area contributed by atoms with Gasteiger partial charge in [0.25, 0.3) is 0 Å². The molecule has 3 aromatic carbocycles. The summed E-state index contributed by atoms with van der Waals surface area (Å²) in [6.45, 7) is 7.05. The monoisotopic (exact) mass is 647 g/mol. The van der Waals surface area contributed by atoms with Gasteiger partial charge >= 0.3 is 0 Å². The molecular formula is C35H45N5O5S. The number of nitrogens with one attached hydrogen (secondary N) is 2. The molecule has 2 aliphatic heterocycles. The molecule has 0 aromatic heterocycles. The largest absolute Gasteiger partial charge is 0.497 e. The topological polar surface area (TPSA) is 111 Å². The number of ether oxygens (including phenoxy) is 1. The Hall–Kier alpha value is -4.09. The third-order valence-electron chi connectivity index (χ3n) is 8.60. The highest BCUT2D eigenvalue weighted by molar-refractivity contribution is 7.92. The number of para-hydroxylation sites is 2. The van der Waals surface area contributed by atoms with E-state index in [9.17, 15) is 18.0 Å². The summed E-state index contributed by atoms with van der Waals surface area (Å²) in [5, 5.41) is 6.48. The smallest absolute Gasteiger partial charge is 0.245 e. The standard InChI is InChI=1S/C35H45N5O5S/c1-25(2)24-40(46(4,43)44)33-12-8-7-11-32(33)38-17-19-39(20-18-38)35(42)31(21-26-13-15-28(45-3)16-14-26)37-34(41)22-30-29-10-6-5-9-27(29)23-36-30/h5-16,25,30-31,36H,17-24H2,1-4H3,(H,37,41)/t30?,31-/m1/s1. The van der Waals surface area contributed by atoms with E-state index < -0.39 is 16.1 Å². The Morgan fingerprint density at radius 3 is 2.33 bits per heavy atom. The quantitative estimate of drug-likeness (QED) is 0.308. The van der Waals surface area contributed by atoms with Gasteiger partial charge in [0.1, 0.15) is 11.8 Å². The first-order valence-electron chi connectivity index (χ1n) is 15.9. The number of sulfonamides is 1. The Labute approximate surface area is 272 Å². The number of fused-ring (bicyclic) bond motifs is 1. The summed E-state index contributed by atoms with van der Waals surface area (Å²) < 4.78 is 32.3. The van der Waals surface area contributed by atoms with E-state index in [0.717, 1.165) is 29.1 Å². The van der Waals surface area contributed by atoms with Crippen LogP contribution in [-0.4, -0.2) is 77.3 Å². The lowest BCUT2D eigenvalue weighted by atomic mass is 10.0. The molecule has 2 N–H and O–H groups in total. The highest BCUT2D eigenvalue weighted by atomic mass is 32.2. The normalized spacial score (nSPS) is 17.0. The molecule has 5 rings (SSSR count). The van der Waals surface area contributed by atoms with E-state index in [0.29, 0.717) is 44.8 Å². The molecule has 11 heteroatoms. The fraction of sp³-hybridized carbons (Fsp3) is 0.429. The van der Waals surface area contributed by atoms with E-state index in [4.69, 9.17) is 4.74 Å². The van der Waals surface area contributed by atoms with E-state index in [-0.39, 0.29) is 30.2 Å². The van der Waals surface area contributed by atoms with Crippen LogP contribution in [0.5, 0.6) is 5.75 Å². The number of amides is 2. The van der Waals surface area contributed by atoms with Crippen molar-refractivity contribution in [1.82, 2.24) is 15.5 Å². The second kappa shape index (κ2) is 14.6. The molecule has 0 bridgehead atoms. The van der Waals surface area contributed by atoms with Crippen LogP contribution in [-0.2, 0) is 32.6 Å². The van der Waals surface area contributed by atoms with Crippen molar-refractivity contribution in [2.75, 3.05) is 55.3 Å². The summed E-state index contributed by atoms with van der Waals surface area (Å²) in [6.07, 6.45) is 1.83. The van der Waals surface area contributed by atoms with Gasteiger partial charge in [-0.1, -0.05) is 62.4 Å². The Morgan fingerprint density at radius 1 is 0.978 bits per heavy atom. The van der Waals surface area contributed by atoms with Crippen LogP contribution in [0.3, 0.4) is 0 Å². The van der Waals surface area contributed by atoms with Gasteiger partial charge in [-0.2, -0.15) is 0 Å². The number of hydrogen-bond acceptors (Lipinski definition) is 7. The third-order valence-corrected chi connectivity index (χ3v) is 9.75. The number of carbonyl (C=O) groups excluding carboxylic acids is 2. The number of rotatable bonds is 12. The molecule has 2 heterocycles. The number of benzene rings is 3. The van der Waals surface area contributed by atoms with Crippen molar-refractivity contribution in [2.45, 2.75) is 45.3 Å². The minimum Gasteiger partial charge on any atom is -0.497 e. The Kier molecular flexibility index (Phi) is 10.5. The first kappa shape index (κ1) is 33.3. The summed E-state index contributed by atoms with van der Waals surface area (Å²) >= 11 is 0. The number of nitrogens with zero attached hydrogens (tertiary/aromatic N) is 3. The molecule has 246 valence electrons. The van der Waals surface area contributed by atoms with Crippen molar-refractivity contribution >= 4 is 33.2 Å². The zero-order valence-corrected chi connectivity index (χ0v) is 27.9. The summed E-state index contributed by atoms with van der Waals surface area (Å²) in [7, 11) is -1.88. The van der Waals surface area contributed by atoms with E-state index in [2.05, 4.69) is 21.6 Å². The van der Waals surface area contributed by atoms with Gasteiger partial charge in [-0.25, -0.2) is 8.42 Å². The third kappa shape index (κ3) is 8.00. The molecule has 2 amide bonds. The van der Waals surface area contributed by atoms with E-state index in [1.165, 1.54) is 16.1 Å². The number of anilines is 2. The molecule has 1 saturated heterocycles. The van der Waals surface area contributed by atoms with Gasteiger partial charge in [0.2, 0.25) is 21.8 Å². The molecule has 0 saturated carbocycles. The Balaban J connectivity index is 1.30. The zero-order chi connectivity index (χ0) is 32.8. The summed E-state index contributed by atoms with van der Waals surface area (Å²) in [6, 6.07) is 22.3. The molecule has 3 aromatic rings. The first-order valence-corrected chi connectivity index (χ1v) is 17.7. The molecular weight excluding hydrogens is 602 g/mol. The minimum atomic E-state index is -3.49. The molecule has 0 radical (unpaired) electrons. The minimum absolute atomic E-state index is 0.0984. The lowest BCUT2D eigenvalue weighted by Gasteiger charge is -2.39. The lowest BCUT2D eigenvalue weighted by Crippen LogP contribution is -2.56. The fourth-order valence-electron chi connectivity index (χ4n) is 6.27. The molecule has 46 heavy (non-hydrogen) atoms. The van der Waals surface area contributed by atoms with Crippen molar-refractivity contribution in [3.63, 3.8) is 0 Å². The Bertz CT molecular complexity index is 1620. The highest BCUT2D eigenvalue weighted by Gasteiger charge is 2.32. The average Bonchev–Trinajstić information content (AvgIpc) is 3.45. The van der Waals surface area contributed by atoms with Gasteiger partial charge in [-0.15, -0.1) is 0 Å². The van der Waals surface area contributed by atoms with Crippen molar-refractivity contribution in [3.05, 3.63) is 89.5 Å². The number of carbonyl (C=O) groups is 2. The van der Waals surface area contributed by atoms with Crippen LogP contribution >= 0.6 is 0 Å². The van der Waals surface area contributed by atoms with Gasteiger partial charge in [-0.3, -0.25) is 13.9 Å². The Morgan fingerprint density at radius 2 is 1.65 bits per heavy atom. The predicted octanol–water partition coefficient (Wildman–Crippen LogP) is 3.73. The van der Waals surface area contributed by atoms with Crippen molar-refractivity contribution < 1.29 is 22.7 Å². The molecule has 0 spiro atoms. The van der Waals surface area contributed by atoms with Crippen LogP contribution in [0.2, 0.25) is 0 Å². The predicted molar refractivity (Wildman–Crippen MR) is 182 cm³/mol. The maximum atomic E-state index is 14.0. The molecule has 2 atom stereocenters. The van der Waals surface area contributed by atoms with Gasteiger partial charge in [0.15, 0.2) is 0 Å². The van der Waals surface area contributed by atoms with Crippen LogP contribution in [0.25, 0.3) is 0 Å².